The molecule has 0 spiro atoms. The van der Waals surface area contributed by atoms with Crippen LogP contribution in [0.2, 0.25) is 0 Å². The molecule has 110 valence electrons. The molecule has 0 heterocycles. The maximum absolute atomic E-state index is 12.3. The fraction of sp³-hybridized carbons (Fsp3) is 0.235. The van der Waals surface area contributed by atoms with Crippen LogP contribution in [0.3, 0.4) is 0 Å². The SMILES string of the molecule is COC1=CC=CC(C(=O)C=Cc2ccccc2)C1(O)OC. The maximum Gasteiger partial charge on any atom is 0.238 e. The fourth-order valence-corrected chi connectivity index (χ4v) is 2.23. The third-order valence-electron chi connectivity index (χ3n) is 3.40. The minimum atomic E-state index is -1.78. The lowest BCUT2D eigenvalue weighted by Gasteiger charge is -2.34. The normalized spacial score (nSPS) is 24.9. The molecule has 0 aromatic heterocycles. The highest BCUT2D eigenvalue weighted by Crippen LogP contribution is 2.33. The average molecular weight is 286 g/mol. The van der Waals surface area contributed by atoms with Gasteiger partial charge < -0.3 is 14.6 Å². The number of allylic oxidation sites excluding steroid dienone is 3. The van der Waals surface area contributed by atoms with Crippen molar-refractivity contribution in [3.8, 4) is 0 Å². The first-order chi connectivity index (χ1) is 10.1. The molecule has 1 aromatic rings. The van der Waals surface area contributed by atoms with Crippen LogP contribution in [0.4, 0.5) is 0 Å². The zero-order valence-corrected chi connectivity index (χ0v) is 12.0. The van der Waals surface area contributed by atoms with E-state index in [0.717, 1.165) is 5.56 Å². The second-order valence-electron chi connectivity index (χ2n) is 4.64. The van der Waals surface area contributed by atoms with Gasteiger partial charge in [0, 0.05) is 7.11 Å². The number of carbonyl (C=O) groups excluding carboxylic acids is 1. The third-order valence-corrected chi connectivity index (χ3v) is 3.40. The predicted octanol–water partition coefficient (Wildman–Crippen LogP) is 2.32. The minimum Gasteiger partial charge on any atom is -0.495 e. The van der Waals surface area contributed by atoms with Crippen molar-refractivity contribution < 1.29 is 19.4 Å². The summed E-state index contributed by atoms with van der Waals surface area (Å²) in [6, 6.07) is 9.47. The quantitative estimate of drug-likeness (QED) is 0.666. The van der Waals surface area contributed by atoms with Gasteiger partial charge in [0.05, 0.1) is 7.11 Å². The van der Waals surface area contributed by atoms with E-state index < -0.39 is 11.7 Å². The van der Waals surface area contributed by atoms with Gasteiger partial charge in [-0.3, -0.25) is 4.79 Å². The van der Waals surface area contributed by atoms with Crippen LogP contribution in [0.5, 0.6) is 0 Å². The molecule has 1 aromatic carbocycles. The highest BCUT2D eigenvalue weighted by atomic mass is 16.6. The van der Waals surface area contributed by atoms with Gasteiger partial charge in [0.25, 0.3) is 0 Å². The number of ketones is 1. The molecule has 0 radical (unpaired) electrons. The van der Waals surface area contributed by atoms with Gasteiger partial charge in [0.2, 0.25) is 5.79 Å². The molecule has 0 fully saturated rings. The summed E-state index contributed by atoms with van der Waals surface area (Å²) >= 11 is 0. The zero-order valence-electron chi connectivity index (χ0n) is 12.0. The van der Waals surface area contributed by atoms with E-state index in [9.17, 15) is 9.90 Å². The van der Waals surface area contributed by atoms with Gasteiger partial charge in [-0.25, -0.2) is 0 Å². The number of carbonyl (C=O) groups is 1. The lowest BCUT2D eigenvalue weighted by atomic mass is 9.88. The Morgan fingerprint density at radius 1 is 1.29 bits per heavy atom. The van der Waals surface area contributed by atoms with Gasteiger partial charge >= 0.3 is 0 Å². The largest absolute Gasteiger partial charge is 0.495 e. The maximum atomic E-state index is 12.3. The second kappa shape index (κ2) is 6.52. The zero-order chi connectivity index (χ0) is 15.3. The van der Waals surface area contributed by atoms with E-state index in [2.05, 4.69) is 0 Å². The highest BCUT2D eigenvalue weighted by molar-refractivity contribution is 5.97. The molecule has 0 aliphatic heterocycles. The van der Waals surface area contributed by atoms with Gasteiger partial charge in [0.15, 0.2) is 11.5 Å². The van der Waals surface area contributed by atoms with E-state index in [1.807, 2.05) is 30.3 Å². The smallest absolute Gasteiger partial charge is 0.238 e. The van der Waals surface area contributed by atoms with Crippen molar-refractivity contribution in [3.63, 3.8) is 0 Å². The van der Waals surface area contributed by atoms with E-state index in [0.29, 0.717) is 0 Å². The van der Waals surface area contributed by atoms with Crippen molar-refractivity contribution in [3.05, 3.63) is 66.0 Å². The Hall–Kier alpha value is -2.17. The van der Waals surface area contributed by atoms with Gasteiger partial charge in [0.1, 0.15) is 5.92 Å². The summed E-state index contributed by atoms with van der Waals surface area (Å²) < 4.78 is 10.2. The Morgan fingerprint density at radius 2 is 2.00 bits per heavy atom. The van der Waals surface area contributed by atoms with E-state index in [4.69, 9.17) is 9.47 Å². The molecule has 0 amide bonds. The van der Waals surface area contributed by atoms with Crippen molar-refractivity contribution in [1.82, 2.24) is 0 Å². The average Bonchev–Trinajstić information content (AvgIpc) is 2.53. The van der Waals surface area contributed by atoms with Crippen LogP contribution in [0.1, 0.15) is 5.56 Å². The highest BCUT2D eigenvalue weighted by Gasteiger charge is 2.45. The number of hydrogen-bond donors (Lipinski definition) is 1. The number of methoxy groups -OCH3 is 2. The Morgan fingerprint density at radius 3 is 2.62 bits per heavy atom. The molecule has 0 saturated heterocycles. The van der Waals surface area contributed by atoms with Crippen molar-refractivity contribution in [2.45, 2.75) is 5.79 Å². The Labute approximate surface area is 124 Å². The molecule has 21 heavy (non-hydrogen) atoms. The summed E-state index contributed by atoms with van der Waals surface area (Å²) in [7, 11) is 2.77. The van der Waals surface area contributed by atoms with Crippen LogP contribution >= 0.6 is 0 Å². The number of benzene rings is 1. The molecule has 2 unspecified atom stereocenters. The van der Waals surface area contributed by atoms with Crippen LogP contribution in [0.15, 0.2) is 60.4 Å². The molecule has 1 aliphatic carbocycles. The first-order valence-electron chi connectivity index (χ1n) is 6.59. The number of hydrogen-bond acceptors (Lipinski definition) is 4. The van der Waals surface area contributed by atoms with Crippen LogP contribution in [-0.2, 0) is 14.3 Å². The number of aliphatic hydroxyl groups is 1. The minimum absolute atomic E-state index is 0.207. The van der Waals surface area contributed by atoms with Gasteiger partial charge in [-0.15, -0.1) is 0 Å². The summed E-state index contributed by atoms with van der Waals surface area (Å²) in [6.07, 6.45) is 7.99. The van der Waals surface area contributed by atoms with Gasteiger partial charge in [-0.05, 0) is 17.7 Å². The van der Waals surface area contributed by atoms with E-state index in [-0.39, 0.29) is 11.5 Å². The molecule has 4 heteroatoms. The molecule has 0 bridgehead atoms. The Bertz CT molecular complexity index is 586. The van der Waals surface area contributed by atoms with Crippen LogP contribution in [0.25, 0.3) is 6.08 Å². The molecule has 4 nitrogen and oxygen atoms in total. The van der Waals surface area contributed by atoms with Crippen LogP contribution in [0, 0.1) is 5.92 Å². The third kappa shape index (κ3) is 3.12. The molecule has 1 aliphatic rings. The summed E-state index contributed by atoms with van der Waals surface area (Å²) in [5.41, 5.74) is 0.911. The van der Waals surface area contributed by atoms with Crippen molar-refractivity contribution in [2.24, 2.45) is 5.92 Å². The second-order valence-corrected chi connectivity index (χ2v) is 4.64. The summed E-state index contributed by atoms with van der Waals surface area (Å²) in [4.78, 5) is 12.3. The summed E-state index contributed by atoms with van der Waals surface area (Å²) in [5, 5.41) is 10.5. The first-order valence-corrected chi connectivity index (χ1v) is 6.59. The van der Waals surface area contributed by atoms with Crippen molar-refractivity contribution in [1.29, 1.82) is 0 Å². The number of ether oxygens (including phenoxy) is 2. The molecular formula is C17H18O4. The predicted molar refractivity (Wildman–Crippen MR) is 80.2 cm³/mol. The summed E-state index contributed by atoms with van der Waals surface area (Å²) in [5.74, 6) is -2.68. The van der Waals surface area contributed by atoms with Crippen LogP contribution in [-0.4, -0.2) is 30.9 Å². The molecule has 1 N–H and O–H groups in total. The Kier molecular flexibility index (Phi) is 4.73. The van der Waals surface area contributed by atoms with Crippen LogP contribution < -0.4 is 0 Å². The standard InChI is InChI=1S/C17H18O4/c1-20-16-10-6-9-14(17(16,19)21-2)15(18)12-11-13-7-4-3-5-8-13/h3-12,14,19H,1-2H3. The van der Waals surface area contributed by atoms with Crippen molar-refractivity contribution >= 4 is 11.9 Å². The van der Waals surface area contributed by atoms with E-state index in [1.165, 1.54) is 20.3 Å². The fourth-order valence-electron chi connectivity index (χ4n) is 2.23. The van der Waals surface area contributed by atoms with Crippen molar-refractivity contribution in [2.75, 3.05) is 14.2 Å². The lowest BCUT2D eigenvalue weighted by molar-refractivity contribution is -0.203. The monoisotopic (exact) mass is 286 g/mol. The molecule has 0 saturated carbocycles. The molecular weight excluding hydrogens is 268 g/mol. The molecule has 2 atom stereocenters. The van der Waals surface area contributed by atoms with Gasteiger partial charge in [-0.2, -0.15) is 0 Å². The summed E-state index contributed by atoms with van der Waals surface area (Å²) in [6.45, 7) is 0. The topological polar surface area (TPSA) is 55.8 Å². The first kappa shape index (κ1) is 15.2. The Balaban J connectivity index is 2.21. The number of rotatable bonds is 5. The van der Waals surface area contributed by atoms with E-state index in [1.54, 1.807) is 24.3 Å². The molecule has 2 rings (SSSR count). The van der Waals surface area contributed by atoms with Gasteiger partial charge in [-0.1, -0.05) is 48.6 Å². The van der Waals surface area contributed by atoms with E-state index >= 15 is 0 Å². The lowest BCUT2D eigenvalue weighted by Crippen LogP contribution is -2.46.